The van der Waals surface area contributed by atoms with E-state index >= 15 is 0 Å². The molecule has 1 saturated carbocycles. The maximum Gasteiger partial charge on any atom is 0.00470 e. The summed E-state index contributed by atoms with van der Waals surface area (Å²) in [7, 11) is 0. The fourth-order valence-electron chi connectivity index (χ4n) is 1.36. The van der Waals surface area contributed by atoms with E-state index in [-0.39, 0.29) is 0 Å². The summed E-state index contributed by atoms with van der Waals surface area (Å²) in [5.74, 6) is 1.36. The van der Waals surface area contributed by atoms with Crippen LogP contribution in [-0.2, 0) is 0 Å². The normalized spacial score (nSPS) is 20.1. The third-order valence-corrected chi connectivity index (χ3v) is 3.96. The van der Waals surface area contributed by atoms with Crippen LogP contribution in [0.15, 0.2) is 0 Å². The van der Waals surface area contributed by atoms with Crippen LogP contribution >= 0.6 is 27.7 Å². The van der Waals surface area contributed by atoms with Crippen LogP contribution in [0.1, 0.15) is 32.1 Å². The molecule has 0 unspecified atom stereocenters. The zero-order valence-electron chi connectivity index (χ0n) is 6.31. The predicted octanol–water partition coefficient (Wildman–Crippen LogP) is 3.45. The first-order valence-electron chi connectivity index (χ1n) is 4.11. The molecule has 0 aliphatic heterocycles. The van der Waals surface area contributed by atoms with Gasteiger partial charge in [-0.2, -0.15) is 11.8 Å². The lowest BCUT2D eigenvalue weighted by molar-refractivity contribution is 0.886. The van der Waals surface area contributed by atoms with Gasteiger partial charge in [0.1, 0.15) is 0 Å². The second kappa shape index (κ2) is 5.48. The molecule has 60 valence electrons. The summed E-state index contributed by atoms with van der Waals surface area (Å²) in [6.45, 7) is 0. The molecule has 0 bridgehead atoms. The Morgan fingerprint density at radius 3 is 2.60 bits per heavy atom. The number of halogens is 1. The molecule has 0 spiro atoms. The van der Waals surface area contributed by atoms with Crippen LogP contribution < -0.4 is 0 Å². The molecular weight excluding hydrogens is 208 g/mol. The molecule has 0 aromatic rings. The molecule has 1 fully saturated rings. The lowest BCUT2D eigenvalue weighted by Crippen LogP contribution is -1.95. The highest BCUT2D eigenvalue weighted by atomic mass is 79.9. The molecule has 0 radical (unpaired) electrons. The average Bonchev–Trinajstić information content (AvgIpc) is 2.41. The van der Waals surface area contributed by atoms with Gasteiger partial charge in [0.15, 0.2) is 0 Å². The van der Waals surface area contributed by atoms with Gasteiger partial charge in [-0.05, 0) is 25.0 Å². The molecule has 10 heavy (non-hydrogen) atoms. The maximum absolute atomic E-state index is 3.45. The summed E-state index contributed by atoms with van der Waals surface area (Å²) in [6, 6.07) is 0. The van der Waals surface area contributed by atoms with Crippen LogP contribution in [0.4, 0.5) is 0 Å². The first kappa shape index (κ1) is 8.92. The van der Waals surface area contributed by atoms with Crippen LogP contribution in [0.2, 0.25) is 0 Å². The minimum absolute atomic E-state index is 1.01. The molecule has 0 amide bonds. The van der Waals surface area contributed by atoms with Crippen LogP contribution in [0.25, 0.3) is 0 Å². The Kier molecular flexibility index (Phi) is 4.89. The molecule has 0 atom stereocenters. The fraction of sp³-hybridized carbons (Fsp3) is 1.00. The Labute approximate surface area is 76.3 Å². The summed E-state index contributed by atoms with van der Waals surface area (Å²) < 4.78 is 0. The van der Waals surface area contributed by atoms with E-state index in [0.717, 1.165) is 5.25 Å². The molecule has 1 aliphatic carbocycles. The quantitative estimate of drug-likeness (QED) is 0.519. The van der Waals surface area contributed by atoms with Gasteiger partial charge in [-0.1, -0.05) is 28.8 Å². The average molecular weight is 223 g/mol. The first-order chi connectivity index (χ1) is 4.93. The lowest BCUT2D eigenvalue weighted by atomic mass is 10.4. The van der Waals surface area contributed by atoms with Gasteiger partial charge in [0, 0.05) is 10.6 Å². The number of hydrogen-bond acceptors (Lipinski definition) is 1. The zero-order valence-corrected chi connectivity index (χ0v) is 8.72. The van der Waals surface area contributed by atoms with E-state index in [0.29, 0.717) is 0 Å². The second-order valence-electron chi connectivity index (χ2n) is 2.82. The summed E-state index contributed by atoms with van der Waals surface area (Å²) >= 11 is 5.62. The third kappa shape index (κ3) is 3.29. The van der Waals surface area contributed by atoms with Gasteiger partial charge in [0.05, 0.1) is 0 Å². The molecule has 0 nitrogen and oxygen atoms in total. The van der Waals surface area contributed by atoms with E-state index in [2.05, 4.69) is 27.7 Å². The van der Waals surface area contributed by atoms with Crippen LogP contribution in [0.3, 0.4) is 0 Å². The number of rotatable bonds is 4. The largest absolute Gasteiger partial charge is 0.159 e. The van der Waals surface area contributed by atoms with Crippen molar-refractivity contribution in [1.29, 1.82) is 0 Å². The Bertz CT molecular complexity index is 79.3. The van der Waals surface area contributed by atoms with Crippen molar-refractivity contribution in [2.75, 3.05) is 11.1 Å². The summed E-state index contributed by atoms with van der Waals surface area (Å²) in [5.41, 5.74) is 0. The minimum atomic E-state index is 1.01. The standard InChI is InChI=1S/C8H15BrS/c9-6-3-7-10-8-4-1-2-5-8/h8H,1-7H2. The van der Waals surface area contributed by atoms with Crippen molar-refractivity contribution in [3.8, 4) is 0 Å². The number of alkyl halides is 1. The number of hydrogen-bond donors (Lipinski definition) is 0. The minimum Gasteiger partial charge on any atom is -0.159 e. The van der Waals surface area contributed by atoms with E-state index in [1.165, 1.54) is 43.2 Å². The molecule has 0 saturated heterocycles. The van der Waals surface area contributed by atoms with Gasteiger partial charge in [-0.15, -0.1) is 0 Å². The highest BCUT2D eigenvalue weighted by Crippen LogP contribution is 2.29. The Hall–Kier alpha value is 0.830. The van der Waals surface area contributed by atoms with Gasteiger partial charge in [-0.25, -0.2) is 0 Å². The summed E-state index contributed by atoms with van der Waals surface area (Å²) in [6.07, 6.45) is 7.25. The van der Waals surface area contributed by atoms with Gasteiger partial charge in [-0.3, -0.25) is 0 Å². The van der Waals surface area contributed by atoms with Crippen molar-refractivity contribution < 1.29 is 0 Å². The van der Waals surface area contributed by atoms with E-state index in [9.17, 15) is 0 Å². The first-order valence-corrected chi connectivity index (χ1v) is 6.28. The smallest absolute Gasteiger partial charge is 0.00470 e. The zero-order chi connectivity index (χ0) is 7.23. The summed E-state index contributed by atoms with van der Waals surface area (Å²) in [5, 5.41) is 2.19. The van der Waals surface area contributed by atoms with E-state index in [1.54, 1.807) is 0 Å². The topological polar surface area (TPSA) is 0 Å². The molecule has 0 heterocycles. The van der Waals surface area contributed by atoms with Crippen LogP contribution in [0, 0.1) is 0 Å². The molecule has 1 rings (SSSR count). The Morgan fingerprint density at radius 2 is 2.00 bits per heavy atom. The number of thioether (sulfide) groups is 1. The SMILES string of the molecule is BrCCCSC1CCCC1. The van der Waals surface area contributed by atoms with Gasteiger partial charge in [0.2, 0.25) is 0 Å². The van der Waals surface area contributed by atoms with E-state index < -0.39 is 0 Å². The van der Waals surface area contributed by atoms with E-state index in [4.69, 9.17) is 0 Å². The van der Waals surface area contributed by atoms with Crippen molar-refractivity contribution in [3.05, 3.63) is 0 Å². The summed E-state index contributed by atoms with van der Waals surface area (Å²) in [4.78, 5) is 0. The van der Waals surface area contributed by atoms with Gasteiger partial charge >= 0.3 is 0 Å². The fourth-order valence-corrected chi connectivity index (χ4v) is 3.32. The lowest BCUT2D eigenvalue weighted by Gasteiger charge is -2.06. The Morgan fingerprint density at radius 1 is 1.30 bits per heavy atom. The third-order valence-electron chi connectivity index (χ3n) is 1.93. The maximum atomic E-state index is 3.45. The van der Waals surface area contributed by atoms with Gasteiger partial charge in [0.25, 0.3) is 0 Å². The van der Waals surface area contributed by atoms with Crippen molar-refractivity contribution in [1.82, 2.24) is 0 Å². The van der Waals surface area contributed by atoms with Gasteiger partial charge < -0.3 is 0 Å². The second-order valence-corrected chi connectivity index (χ2v) is 5.02. The van der Waals surface area contributed by atoms with Crippen LogP contribution in [-0.4, -0.2) is 16.3 Å². The molecular formula is C8H15BrS. The molecule has 0 N–H and O–H groups in total. The molecule has 0 aromatic heterocycles. The Balaban J connectivity index is 1.91. The van der Waals surface area contributed by atoms with Crippen molar-refractivity contribution in [3.63, 3.8) is 0 Å². The van der Waals surface area contributed by atoms with Crippen LogP contribution in [0.5, 0.6) is 0 Å². The van der Waals surface area contributed by atoms with Crippen molar-refractivity contribution in [2.24, 2.45) is 0 Å². The highest BCUT2D eigenvalue weighted by Gasteiger charge is 2.13. The molecule has 2 heteroatoms. The molecule has 1 aliphatic rings. The highest BCUT2D eigenvalue weighted by molar-refractivity contribution is 9.09. The van der Waals surface area contributed by atoms with Crippen molar-refractivity contribution in [2.45, 2.75) is 37.4 Å². The van der Waals surface area contributed by atoms with Crippen molar-refractivity contribution >= 4 is 27.7 Å². The predicted molar refractivity (Wildman–Crippen MR) is 53.1 cm³/mol. The monoisotopic (exact) mass is 222 g/mol. The van der Waals surface area contributed by atoms with E-state index in [1.807, 2.05) is 0 Å². The molecule has 0 aromatic carbocycles.